The Morgan fingerprint density at radius 1 is 1.23 bits per heavy atom. The first kappa shape index (κ1) is 15.8. The molecule has 0 fully saturated rings. The Kier molecular flexibility index (Phi) is 5.36. The van der Waals surface area contributed by atoms with Gasteiger partial charge in [-0.3, -0.25) is 4.79 Å². The first-order valence-electron chi connectivity index (χ1n) is 7.17. The minimum Gasteiger partial charge on any atom is -0.494 e. The first-order valence-corrected chi connectivity index (χ1v) is 7.17. The molecule has 0 aliphatic heterocycles. The minimum atomic E-state index is -0.170. The van der Waals surface area contributed by atoms with Crippen LogP contribution in [-0.2, 0) is 0 Å². The number of nitrogens with zero attached hydrogens (tertiary/aromatic N) is 1. The van der Waals surface area contributed by atoms with Gasteiger partial charge in [-0.25, -0.2) is 4.98 Å². The van der Waals surface area contributed by atoms with Gasteiger partial charge in [-0.2, -0.15) is 0 Å². The standard InChI is InChI=1S/C17H20N2O3/c1-4-22-15-8-5-13(6-9-15)12(2)19-17(20)14-7-10-16(21-3)18-11-14/h5-12H,4H2,1-3H3,(H,19,20). The van der Waals surface area contributed by atoms with E-state index < -0.39 is 0 Å². The van der Waals surface area contributed by atoms with Crippen LogP contribution in [0.5, 0.6) is 11.6 Å². The lowest BCUT2D eigenvalue weighted by atomic mass is 10.1. The summed E-state index contributed by atoms with van der Waals surface area (Å²) in [5.41, 5.74) is 1.51. The van der Waals surface area contributed by atoms with E-state index in [1.54, 1.807) is 12.1 Å². The van der Waals surface area contributed by atoms with Crippen LogP contribution in [0, 0.1) is 0 Å². The Morgan fingerprint density at radius 3 is 2.50 bits per heavy atom. The maximum Gasteiger partial charge on any atom is 0.253 e. The van der Waals surface area contributed by atoms with Crippen LogP contribution in [0.4, 0.5) is 0 Å². The molecule has 1 heterocycles. The number of rotatable bonds is 6. The van der Waals surface area contributed by atoms with Crippen LogP contribution in [0.15, 0.2) is 42.6 Å². The molecule has 0 aliphatic carbocycles. The first-order chi connectivity index (χ1) is 10.6. The van der Waals surface area contributed by atoms with E-state index in [9.17, 15) is 4.79 Å². The molecule has 1 N–H and O–H groups in total. The summed E-state index contributed by atoms with van der Waals surface area (Å²) in [7, 11) is 1.54. The molecule has 0 saturated heterocycles. The van der Waals surface area contributed by atoms with E-state index in [2.05, 4.69) is 10.3 Å². The fourth-order valence-electron chi connectivity index (χ4n) is 2.02. The van der Waals surface area contributed by atoms with E-state index in [1.807, 2.05) is 38.1 Å². The highest BCUT2D eigenvalue weighted by Crippen LogP contribution is 2.18. The Morgan fingerprint density at radius 2 is 1.95 bits per heavy atom. The molecule has 2 aromatic rings. The molecule has 1 aromatic carbocycles. The molecule has 0 spiro atoms. The number of aromatic nitrogens is 1. The van der Waals surface area contributed by atoms with Crippen LogP contribution in [0.25, 0.3) is 0 Å². The number of carbonyl (C=O) groups is 1. The predicted molar refractivity (Wildman–Crippen MR) is 84.3 cm³/mol. The lowest BCUT2D eigenvalue weighted by Gasteiger charge is -2.15. The van der Waals surface area contributed by atoms with Crippen LogP contribution in [0.2, 0.25) is 0 Å². The van der Waals surface area contributed by atoms with Crippen molar-refractivity contribution in [2.24, 2.45) is 0 Å². The number of carbonyl (C=O) groups excluding carboxylic acids is 1. The maximum absolute atomic E-state index is 12.2. The minimum absolute atomic E-state index is 0.106. The zero-order chi connectivity index (χ0) is 15.9. The van der Waals surface area contributed by atoms with E-state index >= 15 is 0 Å². The smallest absolute Gasteiger partial charge is 0.253 e. The van der Waals surface area contributed by atoms with Gasteiger partial charge in [-0.15, -0.1) is 0 Å². The molecule has 0 bridgehead atoms. The lowest BCUT2D eigenvalue weighted by molar-refractivity contribution is 0.0939. The molecule has 5 nitrogen and oxygen atoms in total. The van der Waals surface area contributed by atoms with E-state index in [0.717, 1.165) is 11.3 Å². The molecule has 1 unspecified atom stereocenters. The number of pyridine rings is 1. The highest BCUT2D eigenvalue weighted by molar-refractivity contribution is 5.94. The molecule has 5 heteroatoms. The molecule has 22 heavy (non-hydrogen) atoms. The van der Waals surface area contributed by atoms with Crippen molar-refractivity contribution >= 4 is 5.91 Å². The van der Waals surface area contributed by atoms with Gasteiger partial charge in [0.05, 0.1) is 25.3 Å². The summed E-state index contributed by atoms with van der Waals surface area (Å²) in [5, 5.41) is 2.94. The molecular formula is C17H20N2O3. The molecule has 0 aliphatic rings. The van der Waals surface area contributed by atoms with Crippen LogP contribution in [-0.4, -0.2) is 24.6 Å². The number of hydrogen-bond acceptors (Lipinski definition) is 4. The third-order valence-corrected chi connectivity index (χ3v) is 3.25. The summed E-state index contributed by atoms with van der Waals surface area (Å²) >= 11 is 0. The van der Waals surface area contributed by atoms with Crippen molar-refractivity contribution in [1.29, 1.82) is 0 Å². The monoisotopic (exact) mass is 300 g/mol. The molecule has 0 saturated carbocycles. The molecule has 2 rings (SSSR count). The molecule has 116 valence electrons. The van der Waals surface area contributed by atoms with Crippen LogP contribution in [0.1, 0.15) is 35.8 Å². The van der Waals surface area contributed by atoms with E-state index in [4.69, 9.17) is 9.47 Å². The lowest BCUT2D eigenvalue weighted by Crippen LogP contribution is -2.26. The highest BCUT2D eigenvalue weighted by Gasteiger charge is 2.12. The van der Waals surface area contributed by atoms with Crippen molar-refractivity contribution in [2.75, 3.05) is 13.7 Å². The maximum atomic E-state index is 12.2. The summed E-state index contributed by atoms with van der Waals surface area (Å²) in [6, 6.07) is 10.9. The van der Waals surface area contributed by atoms with Gasteiger partial charge >= 0.3 is 0 Å². The summed E-state index contributed by atoms with van der Waals surface area (Å²) in [5.74, 6) is 1.14. The summed E-state index contributed by atoms with van der Waals surface area (Å²) < 4.78 is 10.4. The van der Waals surface area contributed by atoms with Gasteiger partial charge in [0, 0.05) is 12.3 Å². The quantitative estimate of drug-likeness (QED) is 0.891. The molecule has 0 radical (unpaired) electrons. The SMILES string of the molecule is CCOc1ccc(C(C)NC(=O)c2ccc(OC)nc2)cc1. The average molecular weight is 300 g/mol. The third-order valence-electron chi connectivity index (χ3n) is 3.25. The van der Waals surface area contributed by atoms with Crippen molar-refractivity contribution in [3.63, 3.8) is 0 Å². The normalized spacial score (nSPS) is 11.6. The summed E-state index contributed by atoms with van der Waals surface area (Å²) in [4.78, 5) is 16.2. The number of hydrogen-bond donors (Lipinski definition) is 1. The number of amides is 1. The van der Waals surface area contributed by atoms with Crippen molar-refractivity contribution < 1.29 is 14.3 Å². The molecule has 1 amide bonds. The number of benzene rings is 1. The van der Waals surface area contributed by atoms with Gasteiger partial charge < -0.3 is 14.8 Å². The van der Waals surface area contributed by atoms with E-state index in [-0.39, 0.29) is 11.9 Å². The molecular weight excluding hydrogens is 280 g/mol. The topological polar surface area (TPSA) is 60.5 Å². The Balaban J connectivity index is 2.00. The summed E-state index contributed by atoms with van der Waals surface area (Å²) in [6.45, 7) is 4.51. The zero-order valence-electron chi connectivity index (χ0n) is 13.0. The average Bonchev–Trinajstić information content (AvgIpc) is 2.55. The zero-order valence-corrected chi connectivity index (χ0v) is 13.0. The van der Waals surface area contributed by atoms with Gasteiger partial charge in [-0.1, -0.05) is 12.1 Å². The second-order valence-corrected chi connectivity index (χ2v) is 4.79. The Hall–Kier alpha value is -2.56. The second kappa shape index (κ2) is 7.45. The number of nitrogens with one attached hydrogen (secondary N) is 1. The van der Waals surface area contributed by atoms with E-state index in [0.29, 0.717) is 18.1 Å². The van der Waals surface area contributed by atoms with Crippen molar-refractivity contribution in [3.8, 4) is 11.6 Å². The fraction of sp³-hybridized carbons (Fsp3) is 0.294. The fourth-order valence-corrected chi connectivity index (χ4v) is 2.02. The number of methoxy groups -OCH3 is 1. The largest absolute Gasteiger partial charge is 0.494 e. The Bertz CT molecular complexity index is 609. The van der Waals surface area contributed by atoms with Gasteiger partial charge in [0.1, 0.15) is 5.75 Å². The Labute approximate surface area is 130 Å². The van der Waals surface area contributed by atoms with Crippen LogP contribution >= 0.6 is 0 Å². The van der Waals surface area contributed by atoms with Gasteiger partial charge in [0.15, 0.2) is 0 Å². The van der Waals surface area contributed by atoms with Crippen LogP contribution in [0.3, 0.4) is 0 Å². The van der Waals surface area contributed by atoms with Gasteiger partial charge in [0.25, 0.3) is 5.91 Å². The predicted octanol–water partition coefficient (Wildman–Crippen LogP) is 2.98. The second-order valence-electron chi connectivity index (χ2n) is 4.79. The van der Waals surface area contributed by atoms with Gasteiger partial charge in [-0.05, 0) is 37.6 Å². The third kappa shape index (κ3) is 3.97. The van der Waals surface area contributed by atoms with E-state index in [1.165, 1.54) is 13.3 Å². The van der Waals surface area contributed by atoms with Gasteiger partial charge in [0.2, 0.25) is 5.88 Å². The van der Waals surface area contributed by atoms with Crippen molar-refractivity contribution in [3.05, 3.63) is 53.7 Å². The highest BCUT2D eigenvalue weighted by atomic mass is 16.5. The summed E-state index contributed by atoms with van der Waals surface area (Å²) in [6.07, 6.45) is 1.50. The van der Waals surface area contributed by atoms with Crippen molar-refractivity contribution in [2.45, 2.75) is 19.9 Å². The van der Waals surface area contributed by atoms with Crippen molar-refractivity contribution in [1.82, 2.24) is 10.3 Å². The number of ether oxygens (including phenoxy) is 2. The molecule has 1 atom stereocenters. The van der Waals surface area contributed by atoms with Crippen LogP contribution < -0.4 is 14.8 Å². The molecule has 1 aromatic heterocycles.